The van der Waals surface area contributed by atoms with Crippen molar-refractivity contribution in [2.75, 3.05) is 37.8 Å². The van der Waals surface area contributed by atoms with Crippen molar-refractivity contribution in [2.24, 2.45) is 0 Å². The van der Waals surface area contributed by atoms with E-state index in [9.17, 15) is 34.8 Å². The SMILES string of the molecule is O=C(CCC[n+]1ccccc1C=Cc1ccc(N(CCO)CCO)cc1)OCC(O)C1OC(=O)C(O)C1=O. The number of aromatic nitrogens is 1. The summed E-state index contributed by atoms with van der Waals surface area (Å²) in [4.78, 5) is 36.9. The summed E-state index contributed by atoms with van der Waals surface area (Å²) >= 11 is 0. The normalized spacial score (nSPS) is 18.0. The fraction of sp³-hybridized carbons (Fsp3) is 0.407. The minimum absolute atomic E-state index is 0.00105. The van der Waals surface area contributed by atoms with Gasteiger partial charge in [0, 0.05) is 43.4 Å². The highest BCUT2D eigenvalue weighted by Gasteiger charge is 2.46. The van der Waals surface area contributed by atoms with Crippen LogP contribution in [0.15, 0.2) is 48.7 Å². The minimum atomic E-state index is -1.92. The fourth-order valence-corrected chi connectivity index (χ4v) is 3.95. The van der Waals surface area contributed by atoms with E-state index in [-0.39, 0.29) is 19.6 Å². The highest BCUT2D eigenvalue weighted by atomic mass is 16.6. The van der Waals surface area contributed by atoms with Crippen molar-refractivity contribution in [3.63, 3.8) is 0 Å². The minimum Gasteiger partial charge on any atom is -0.463 e. The number of cyclic esters (lactones) is 1. The Morgan fingerprint density at radius 3 is 2.42 bits per heavy atom. The number of aliphatic hydroxyl groups is 4. The Labute approximate surface area is 220 Å². The molecule has 11 heteroatoms. The number of hydrogen-bond acceptors (Lipinski definition) is 10. The van der Waals surface area contributed by atoms with E-state index in [4.69, 9.17) is 4.74 Å². The number of anilines is 1. The molecule has 0 amide bonds. The molecule has 1 aliphatic heterocycles. The van der Waals surface area contributed by atoms with Gasteiger partial charge >= 0.3 is 11.9 Å². The van der Waals surface area contributed by atoms with Gasteiger partial charge in [0.25, 0.3) is 0 Å². The van der Waals surface area contributed by atoms with Crippen LogP contribution in [0.3, 0.4) is 0 Å². The third-order valence-electron chi connectivity index (χ3n) is 5.98. The van der Waals surface area contributed by atoms with E-state index in [1.807, 2.05) is 70.3 Å². The molecule has 0 spiro atoms. The van der Waals surface area contributed by atoms with E-state index < -0.39 is 42.6 Å². The Balaban J connectivity index is 1.49. The maximum Gasteiger partial charge on any atom is 0.343 e. The molecule has 2 heterocycles. The third kappa shape index (κ3) is 7.93. The summed E-state index contributed by atoms with van der Waals surface area (Å²) in [5.74, 6) is -2.66. The molecule has 3 atom stereocenters. The molecule has 4 N–H and O–H groups in total. The first-order chi connectivity index (χ1) is 18.3. The van der Waals surface area contributed by atoms with E-state index in [1.54, 1.807) is 0 Å². The lowest BCUT2D eigenvalue weighted by atomic mass is 10.1. The lowest BCUT2D eigenvalue weighted by Crippen LogP contribution is -2.38. The number of hydrogen-bond donors (Lipinski definition) is 4. The molecule has 38 heavy (non-hydrogen) atoms. The summed E-state index contributed by atoms with van der Waals surface area (Å²) in [6.07, 6.45) is 1.32. The number of aryl methyl sites for hydroxylation is 1. The van der Waals surface area contributed by atoms with E-state index >= 15 is 0 Å². The van der Waals surface area contributed by atoms with E-state index in [0.717, 1.165) is 16.9 Å². The van der Waals surface area contributed by atoms with Crippen LogP contribution in [-0.4, -0.2) is 89.4 Å². The molecule has 3 unspecified atom stereocenters. The van der Waals surface area contributed by atoms with Crippen LogP contribution in [0.4, 0.5) is 5.69 Å². The molecule has 0 saturated carbocycles. The molecule has 1 saturated heterocycles. The zero-order valence-corrected chi connectivity index (χ0v) is 20.9. The maximum atomic E-state index is 12.1. The van der Waals surface area contributed by atoms with Crippen molar-refractivity contribution in [3.05, 3.63) is 59.9 Å². The highest BCUT2D eigenvalue weighted by molar-refractivity contribution is 6.09. The highest BCUT2D eigenvalue weighted by Crippen LogP contribution is 2.17. The second kappa shape index (κ2) is 14.3. The number of Topliss-reactive ketones (excluding diaryl/α,β-unsaturated/α-hetero) is 1. The Morgan fingerprint density at radius 1 is 1.08 bits per heavy atom. The van der Waals surface area contributed by atoms with Crippen LogP contribution in [-0.2, 0) is 30.4 Å². The first-order valence-electron chi connectivity index (χ1n) is 12.3. The molecule has 11 nitrogen and oxygen atoms in total. The molecule has 1 aromatic heterocycles. The lowest BCUT2D eigenvalue weighted by Gasteiger charge is -2.22. The van der Waals surface area contributed by atoms with Crippen LogP contribution in [0.1, 0.15) is 24.1 Å². The van der Waals surface area contributed by atoms with Gasteiger partial charge in [-0.3, -0.25) is 9.59 Å². The number of esters is 2. The number of nitrogens with zero attached hydrogens (tertiary/aromatic N) is 2. The van der Waals surface area contributed by atoms with Crippen molar-refractivity contribution in [3.8, 4) is 0 Å². The first kappa shape index (κ1) is 28.9. The van der Waals surface area contributed by atoms with Gasteiger partial charge < -0.3 is 34.8 Å². The van der Waals surface area contributed by atoms with Crippen LogP contribution in [0.5, 0.6) is 0 Å². The largest absolute Gasteiger partial charge is 0.463 e. The maximum absolute atomic E-state index is 12.1. The van der Waals surface area contributed by atoms with E-state index in [2.05, 4.69) is 4.74 Å². The number of carbonyl (C=O) groups is 3. The van der Waals surface area contributed by atoms with Gasteiger partial charge in [0.05, 0.1) is 19.6 Å². The third-order valence-corrected chi connectivity index (χ3v) is 5.98. The molecule has 1 fully saturated rings. The molecule has 0 aliphatic carbocycles. The average molecular weight is 530 g/mol. The monoisotopic (exact) mass is 529 g/mol. The molecule has 2 aromatic rings. The second-order valence-electron chi connectivity index (χ2n) is 8.69. The molecule has 1 aromatic carbocycles. The average Bonchev–Trinajstić information content (AvgIpc) is 3.18. The zero-order valence-electron chi connectivity index (χ0n) is 20.9. The van der Waals surface area contributed by atoms with Crippen molar-refractivity contribution < 1.29 is 48.9 Å². The van der Waals surface area contributed by atoms with Gasteiger partial charge in [-0.1, -0.05) is 12.1 Å². The van der Waals surface area contributed by atoms with Gasteiger partial charge in [-0.05, 0) is 29.8 Å². The summed E-state index contributed by atoms with van der Waals surface area (Å²) in [6.45, 7) is 0.872. The van der Waals surface area contributed by atoms with Crippen molar-refractivity contribution >= 4 is 35.6 Å². The Bertz CT molecular complexity index is 1110. The number of ketones is 1. The molecular weight excluding hydrogens is 496 g/mol. The zero-order chi connectivity index (χ0) is 27.5. The Morgan fingerprint density at radius 2 is 1.79 bits per heavy atom. The van der Waals surface area contributed by atoms with Crippen LogP contribution in [0, 0.1) is 0 Å². The lowest BCUT2D eigenvalue weighted by molar-refractivity contribution is -0.698. The molecule has 204 valence electrons. The summed E-state index contributed by atoms with van der Waals surface area (Å²) in [5, 5.41) is 37.7. The number of pyridine rings is 1. The summed E-state index contributed by atoms with van der Waals surface area (Å²) in [6, 6.07) is 13.5. The van der Waals surface area contributed by atoms with Gasteiger partial charge in [-0.25, -0.2) is 4.79 Å². The van der Waals surface area contributed by atoms with Crippen molar-refractivity contribution in [2.45, 2.75) is 37.7 Å². The Hall–Kier alpha value is -3.64. The summed E-state index contributed by atoms with van der Waals surface area (Å²) < 4.78 is 11.6. The fourth-order valence-electron chi connectivity index (χ4n) is 3.95. The summed E-state index contributed by atoms with van der Waals surface area (Å²) in [7, 11) is 0. The molecule has 0 radical (unpaired) electrons. The predicted octanol–water partition coefficient (Wildman–Crippen LogP) is -0.525. The van der Waals surface area contributed by atoms with Gasteiger partial charge in [-0.2, -0.15) is 4.57 Å². The number of carbonyl (C=O) groups excluding carboxylic acids is 3. The van der Waals surface area contributed by atoms with Crippen LogP contribution in [0.2, 0.25) is 0 Å². The number of rotatable bonds is 14. The molecule has 1 aliphatic rings. The van der Waals surface area contributed by atoms with Crippen molar-refractivity contribution in [1.82, 2.24) is 0 Å². The van der Waals surface area contributed by atoms with Crippen LogP contribution >= 0.6 is 0 Å². The number of ether oxygens (including phenoxy) is 2. The number of benzene rings is 1. The van der Waals surface area contributed by atoms with Gasteiger partial charge in [-0.15, -0.1) is 0 Å². The quantitative estimate of drug-likeness (QED) is 0.143. The smallest absolute Gasteiger partial charge is 0.343 e. The topological polar surface area (TPSA) is 158 Å². The predicted molar refractivity (Wildman–Crippen MR) is 135 cm³/mol. The summed E-state index contributed by atoms with van der Waals surface area (Å²) in [5.41, 5.74) is 2.80. The van der Waals surface area contributed by atoms with Crippen molar-refractivity contribution in [1.29, 1.82) is 0 Å². The Kier molecular flexibility index (Phi) is 10.9. The van der Waals surface area contributed by atoms with Gasteiger partial charge in [0.15, 0.2) is 12.3 Å². The van der Waals surface area contributed by atoms with Gasteiger partial charge in [0.2, 0.25) is 17.6 Å². The second-order valence-corrected chi connectivity index (χ2v) is 8.69. The van der Waals surface area contributed by atoms with Crippen LogP contribution in [0.25, 0.3) is 12.2 Å². The molecular formula is C27H33N2O9+. The van der Waals surface area contributed by atoms with Crippen LogP contribution < -0.4 is 9.47 Å². The molecule has 3 rings (SSSR count). The standard InChI is InChI=1S/C27H33N2O9/c30-16-14-29(15-17-31)21-10-7-19(8-11-21)6-9-20-4-1-2-12-28(20)13-3-5-23(33)37-18-22(32)26-24(34)25(35)27(36)38-26/h1-2,4,6-12,22,25-26,30-32,35H,3,5,13-18H2/q+1. The van der Waals surface area contributed by atoms with Gasteiger partial charge in [0.1, 0.15) is 19.3 Å². The molecule has 0 bridgehead atoms. The van der Waals surface area contributed by atoms with E-state index in [1.165, 1.54) is 0 Å². The van der Waals surface area contributed by atoms with E-state index in [0.29, 0.717) is 26.1 Å². The number of aliphatic hydroxyl groups excluding tert-OH is 4. The first-order valence-corrected chi connectivity index (χ1v) is 12.3.